The van der Waals surface area contributed by atoms with Crippen LogP contribution in [0.1, 0.15) is 49.4 Å². The molecule has 14 heteroatoms. The largest absolute Gasteiger partial charge is 0.489 e. The van der Waals surface area contributed by atoms with Gasteiger partial charge in [0, 0.05) is 24.8 Å². The molecule has 0 spiro atoms. The maximum absolute atomic E-state index is 13.4. The highest BCUT2D eigenvalue weighted by Gasteiger charge is 2.38. The third-order valence-corrected chi connectivity index (χ3v) is 6.19. The number of halogens is 6. The Hall–Kier alpha value is -3.97. The Morgan fingerprint density at radius 3 is 2.22 bits per heavy atom. The average molecular weight is 591 g/mol. The zero-order chi connectivity index (χ0) is 30.9. The number of amides is 2. The van der Waals surface area contributed by atoms with E-state index in [1.807, 2.05) is 0 Å². The van der Waals surface area contributed by atoms with E-state index < -0.39 is 71.7 Å². The van der Waals surface area contributed by atoms with Crippen LogP contribution in [-0.4, -0.2) is 53.2 Å². The molecule has 3 rings (SSSR count). The zero-order valence-electron chi connectivity index (χ0n) is 22.5. The van der Waals surface area contributed by atoms with Crippen LogP contribution in [0.25, 0.3) is 0 Å². The van der Waals surface area contributed by atoms with Crippen molar-refractivity contribution in [2.75, 3.05) is 18.5 Å². The van der Waals surface area contributed by atoms with Crippen molar-refractivity contribution in [1.29, 1.82) is 0 Å². The number of rotatable bonds is 7. The predicted octanol–water partition coefficient (Wildman–Crippen LogP) is 5.90. The van der Waals surface area contributed by atoms with Crippen LogP contribution in [0, 0.1) is 0 Å². The lowest BCUT2D eigenvalue weighted by Crippen LogP contribution is -2.47. The number of likely N-dealkylation sites (N-methyl/N-ethyl adjacent to an activating group) is 1. The van der Waals surface area contributed by atoms with Crippen molar-refractivity contribution in [1.82, 2.24) is 4.90 Å². The van der Waals surface area contributed by atoms with Crippen LogP contribution < -0.4 is 9.64 Å². The first-order chi connectivity index (χ1) is 18.8. The van der Waals surface area contributed by atoms with E-state index in [1.54, 1.807) is 20.8 Å². The summed E-state index contributed by atoms with van der Waals surface area (Å²) in [5.74, 6) is -1.87. The van der Waals surface area contributed by atoms with Gasteiger partial charge < -0.3 is 19.5 Å². The Bertz CT molecular complexity index is 1320. The molecule has 0 bridgehead atoms. The van der Waals surface area contributed by atoms with Gasteiger partial charge in [-0.15, -0.1) is 0 Å². The maximum Gasteiger partial charge on any atom is 0.416 e. The van der Waals surface area contributed by atoms with E-state index in [1.165, 1.54) is 30.1 Å². The third kappa shape index (κ3) is 7.82. The van der Waals surface area contributed by atoms with E-state index in [2.05, 4.69) is 0 Å². The first kappa shape index (κ1) is 31.6. The van der Waals surface area contributed by atoms with E-state index in [9.17, 15) is 45.8 Å². The summed E-state index contributed by atoms with van der Waals surface area (Å²) >= 11 is 0. The molecule has 8 nitrogen and oxygen atoms in total. The fraction of sp³-hybridized carbons (Fsp3) is 0.444. The molecule has 0 radical (unpaired) electrons. The number of anilines is 1. The summed E-state index contributed by atoms with van der Waals surface area (Å²) in [6.07, 6.45) is -11.1. The standard InChI is InChI=1S/C27H28F6N2O6/c1-25(2,3)41-24(39)34(4)21(23(37)38)13-22(36)35-10-9-15-11-18(7-8-20(15)35)40-14-16-5-6-17(26(28,29)30)12-19(16)27(31,32)33/h5-8,11-12,21H,9-10,13-14H2,1-4H3,(H,37,38). The normalized spacial score (nSPS) is 14.3. The average Bonchev–Trinajstić information content (AvgIpc) is 3.26. The number of nitrogens with zero attached hydrogens (tertiary/aromatic N) is 2. The molecule has 0 aromatic heterocycles. The number of benzene rings is 2. The number of hydrogen-bond donors (Lipinski definition) is 1. The van der Waals surface area contributed by atoms with Gasteiger partial charge in [0.1, 0.15) is 24.0 Å². The van der Waals surface area contributed by atoms with Crippen molar-refractivity contribution >= 4 is 23.7 Å². The highest BCUT2D eigenvalue weighted by atomic mass is 19.4. The first-order valence-corrected chi connectivity index (χ1v) is 12.3. The molecule has 2 amide bonds. The van der Waals surface area contributed by atoms with Gasteiger partial charge in [-0.1, -0.05) is 6.07 Å². The van der Waals surface area contributed by atoms with E-state index in [-0.39, 0.29) is 18.4 Å². The summed E-state index contributed by atoms with van der Waals surface area (Å²) in [5, 5.41) is 9.63. The number of ether oxygens (including phenoxy) is 2. The van der Waals surface area contributed by atoms with Crippen molar-refractivity contribution in [3.63, 3.8) is 0 Å². The molecular weight excluding hydrogens is 562 g/mol. The summed E-state index contributed by atoms with van der Waals surface area (Å²) in [7, 11) is 1.21. The molecule has 1 N–H and O–H groups in total. The molecule has 0 saturated carbocycles. The predicted molar refractivity (Wildman–Crippen MR) is 133 cm³/mol. The number of carboxylic acid groups (broad SMARTS) is 1. The summed E-state index contributed by atoms with van der Waals surface area (Å²) < 4.78 is 89.7. The number of carboxylic acids is 1. The number of hydrogen-bond acceptors (Lipinski definition) is 5. The number of aliphatic carboxylic acids is 1. The molecule has 1 aliphatic heterocycles. The second kappa shape index (κ2) is 11.5. The molecule has 41 heavy (non-hydrogen) atoms. The quantitative estimate of drug-likeness (QED) is 0.404. The Kier molecular flexibility index (Phi) is 8.84. The minimum absolute atomic E-state index is 0.0372. The third-order valence-electron chi connectivity index (χ3n) is 6.19. The molecule has 1 aliphatic rings. The van der Waals surface area contributed by atoms with Gasteiger partial charge in [-0.3, -0.25) is 9.69 Å². The highest BCUT2D eigenvalue weighted by molar-refractivity contribution is 5.98. The summed E-state index contributed by atoms with van der Waals surface area (Å²) in [4.78, 5) is 39.3. The van der Waals surface area contributed by atoms with Crippen LogP contribution in [0.15, 0.2) is 36.4 Å². The van der Waals surface area contributed by atoms with Gasteiger partial charge in [-0.05, 0) is 63.1 Å². The van der Waals surface area contributed by atoms with Crippen LogP contribution in [0.3, 0.4) is 0 Å². The molecule has 0 saturated heterocycles. The number of alkyl halides is 6. The lowest BCUT2D eigenvalue weighted by atomic mass is 10.0. The molecule has 1 atom stereocenters. The topological polar surface area (TPSA) is 96.4 Å². The van der Waals surface area contributed by atoms with Gasteiger partial charge in [-0.2, -0.15) is 26.3 Å². The monoisotopic (exact) mass is 590 g/mol. The summed E-state index contributed by atoms with van der Waals surface area (Å²) in [5.41, 5.74) is -3.25. The van der Waals surface area contributed by atoms with Gasteiger partial charge in [0.05, 0.1) is 17.5 Å². The fourth-order valence-electron chi connectivity index (χ4n) is 4.16. The number of fused-ring (bicyclic) bond motifs is 1. The van der Waals surface area contributed by atoms with Crippen molar-refractivity contribution < 1.29 is 55.3 Å². The minimum Gasteiger partial charge on any atom is -0.489 e. The van der Waals surface area contributed by atoms with Gasteiger partial charge in [-0.25, -0.2) is 9.59 Å². The summed E-state index contributed by atoms with van der Waals surface area (Å²) in [6.45, 7) is 4.34. The molecular formula is C27H28F6N2O6. The molecule has 0 fully saturated rings. The first-order valence-electron chi connectivity index (χ1n) is 12.3. The molecule has 1 heterocycles. The van der Waals surface area contributed by atoms with E-state index in [0.29, 0.717) is 29.8 Å². The van der Waals surface area contributed by atoms with E-state index >= 15 is 0 Å². The van der Waals surface area contributed by atoms with Gasteiger partial charge in [0.2, 0.25) is 5.91 Å². The van der Waals surface area contributed by atoms with E-state index in [0.717, 1.165) is 4.90 Å². The molecule has 224 valence electrons. The van der Waals surface area contributed by atoms with Crippen LogP contribution in [0.2, 0.25) is 0 Å². The lowest BCUT2D eigenvalue weighted by Gasteiger charge is -2.29. The molecule has 2 aromatic carbocycles. The lowest BCUT2D eigenvalue weighted by molar-refractivity contribution is -0.145. The van der Waals surface area contributed by atoms with Crippen LogP contribution in [0.4, 0.5) is 36.8 Å². The number of carbonyl (C=O) groups excluding carboxylic acids is 2. The zero-order valence-corrected chi connectivity index (χ0v) is 22.5. The molecule has 2 aromatic rings. The second-order valence-corrected chi connectivity index (χ2v) is 10.4. The Morgan fingerprint density at radius 2 is 1.66 bits per heavy atom. The van der Waals surface area contributed by atoms with Gasteiger partial charge in [0.15, 0.2) is 0 Å². The number of carbonyl (C=O) groups is 3. The van der Waals surface area contributed by atoms with Gasteiger partial charge in [0.25, 0.3) is 0 Å². The minimum atomic E-state index is -5.04. The maximum atomic E-state index is 13.4. The Balaban J connectivity index is 1.73. The smallest absolute Gasteiger partial charge is 0.416 e. The summed E-state index contributed by atoms with van der Waals surface area (Å²) in [6, 6.07) is 4.13. The van der Waals surface area contributed by atoms with Crippen molar-refractivity contribution in [2.45, 2.75) is 64.2 Å². The van der Waals surface area contributed by atoms with Crippen molar-refractivity contribution in [3.8, 4) is 5.75 Å². The SMILES string of the molecule is CN(C(=O)OC(C)(C)C)C(CC(=O)N1CCc2cc(OCc3ccc(C(F)(F)F)cc3C(F)(F)F)ccc21)C(=O)O. The Labute approximate surface area is 231 Å². The van der Waals surface area contributed by atoms with Gasteiger partial charge >= 0.3 is 24.4 Å². The molecule has 0 aliphatic carbocycles. The second-order valence-electron chi connectivity index (χ2n) is 10.4. The van der Waals surface area contributed by atoms with Crippen LogP contribution in [0.5, 0.6) is 5.75 Å². The highest BCUT2D eigenvalue weighted by Crippen LogP contribution is 2.38. The van der Waals surface area contributed by atoms with Crippen molar-refractivity contribution in [2.24, 2.45) is 0 Å². The van der Waals surface area contributed by atoms with E-state index in [4.69, 9.17) is 9.47 Å². The van der Waals surface area contributed by atoms with Crippen molar-refractivity contribution in [3.05, 3.63) is 58.7 Å². The van der Waals surface area contributed by atoms with Crippen LogP contribution in [-0.2, 0) is 39.7 Å². The van der Waals surface area contributed by atoms with Crippen LogP contribution >= 0.6 is 0 Å². The Morgan fingerprint density at radius 1 is 1.00 bits per heavy atom. The fourth-order valence-corrected chi connectivity index (χ4v) is 4.16. The molecule has 1 unspecified atom stereocenters.